The Hall–Kier alpha value is -1.95. The van der Waals surface area contributed by atoms with E-state index in [1.807, 2.05) is 29.6 Å². The molecule has 1 unspecified atom stereocenters. The number of quaternary nitrogens is 1. The zero-order chi connectivity index (χ0) is 16.8. The van der Waals surface area contributed by atoms with E-state index in [9.17, 15) is 4.79 Å². The van der Waals surface area contributed by atoms with E-state index < -0.39 is 0 Å². The van der Waals surface area contributed by atoms with Gasteiger partial charge in [0, 0.05) is 10.4 Å². The topological polar surface area (TPSA) is 33.5 Å². The maximum Gasteiger partial charge on any atom is 0.275 e. The summed E-state index contributed by atoms with van der Waals surface area (Å²) in [6, 6.07) is 16.3. The van der Waals surface area contributed by atoms with Gasteiger partial charge >= 0.3 is 0 Å². The van der Waals surface area contributed by atoms with E-state index >= 15 is 0 Å². The Labute approximate surface area is 150 Å². The first kappa shape index (κ1) is 16.9. The number of nitrogens with one attached hydrogen (secondary N) is 2. The van der Waals surface area contributed by atoms with E-state index in [1.54, 1.807) is 22.7 Å². The van der Waals surface area contributed by atoms with Crippen LogP contribution < -0.4 is 10.2 Å². The van der Waals surface area contributed by atoms with Gasteiger partial charge in [-0.05, 0) is 33.8 Å². The summed E-state index contributed by atoms with van der Waals surface area (Å²) in [6.07, 6.45) is 0. The van der Waals surface area contributed by atoms with Crippen LogP contribution in [0.4, 0.5) is 0 Å². The lowest BCUT2D eigenvalue weighted by Crippen LogP contribution is -3.08. The fourth-order valence-electron chi connectivity index (χ4n) is 2.71. The molecule has 0 aliphatic carbocycles. The molecule has 0 aliphatic rings. The maximum atomic E-state index is 12.5. The van der Waals surface area contributed by atoms with Crippen LogP contribution in [0, 0.1) is 0 Å². The van der Waals surface area contributed by atoms with Gasteiger partial charge in [-0.1, -0.05) is 36.4 Å². The largest absolute Gasteiger partial charge is 0.339 e. The van der Waals surface area contributed by atoms with Crippen LogP contribution in [0.2, 0.25) is 0 Å². The van der Waals surface area contributed by atoms with Gasteiger partial charge in [-0.15, -0.1) is 11.3 Å². The monoisotopic (exact) mass is 357 g/mol. The lowest BCUT2D eigenvalue weighted by atomic mass is 10.1. The van der Waals surface area contributed by atoms with Gasteiger partial charge < -0.3 is 10.2 Å². The molecule has 0 fully saturated rings. The number of amides is 1. The lowest BCUT2D eigenvalue weighted by Gasteiger charge is -2.19. The molecule has 1 aromatic carbocycles. The quantitative estimate of drug-likeness (QED) is 0.670. The van der Waals surface area contributed by atoms with Crippen molar-refractivity contribution in [3.63, 3.8) is 0 Å². The number of thiophene rings is 2. The molecule has 2 atom stereocenters. The van der Waals surface area contributed by atoms with Crippen LogP contribution in [-0.4, -0.2) is 19.5 Å². The number of rotatable bonds is 7. The van der Waals surface area contributed by atoms with E-state index in [0.29, 0.717) is 6.54 Å². The minimum Gasteiger partial charge on any atom is -0.339 e. The van der Waals surface area contributed by atoms with E-state index in [0.717, 1.165) is 17.0 Å². The van der Waals surface area contributed by atoms with Crippen molar-refractivity contribution in [1.82, 2.24) is 5.32 Å². The normalized spacial score (nSPS) is 13.4. The minimum absolute atomic E-state index is 0.0741. The Morgan fingerprint density at radius 3 is 2.62 bits per heavy atom. The number of benzene rings is 1. The predicted molar refractivity (Wildman–Crippen MR) is 101 cm³/mol. The van der Waals surface area contributed by atoms with Crippen molar-refractivity contribution in [2.75, 3.05) is 13.6 Å². The first-order valence-electron chi connectivity index (χ1n) is 7.92. The lowest BCUT2D eigenvalue weighted by molar-refractivity contribution is -0.885. The smallest absolute Gasteiger partial charge is 0.275 e. The number of hydrogen-bond acceptors (Lipinski definition) is 3. The molecule has 3 aromatic rings. The maximum absolute atomic E-state index is 12.5. The molecule has 2 aromatic heterocycles. The summed E-state index contributed by atoms with van der Waals surface area (Å²) >= 11 is 3.36. The Bertz CT molecular complexity index is 739. The average molecular weight is 358 g/mol. The molecule has 3 nitrogen and oxygen atoms in total. The third kappa shape index (κ3) is 4.54. The highest BCUT2D eigenvalue weighted by Gasteiger charge is 2.19. The molecule has 5 heteroatoms. The van der Waals surface area contributed by atoms with Gasteiger partial charge in [0.25, 0.3) is 5.91 Å². The van der Waals surface area contributed by atoms with Crippen LogP contribution in [0.1, 0.15) is 22.0 Å². The second-order valence-corrected chi connectivity index (χ2v) is 7.63. The fourth-order valence-corrected chi connectivity index (χ4v) is 4.18. The Balaban J connectivity index is 1.65. The van der Waals surface area contributed by atoms with Crippen LogP contribution in [0.3, 0.4) is 0 Å². The van der Waals surface area contributed by atoms with Crippen molar-refractivity contribution in [2.45, 2.75) is 12.6 Å². The van der Waals surface area contributed by atoms with E-state index in [2.05, 4.69) is 47.4 Å². The number of carbonyl (C=O) groups is 1. The Kier molecular flexibility index (Phi) is 5.80. The van der Waals surface area contributed by atoms with Gasteiger partial charge in [0.05, 0.1) is 13.1 Å². The van der Waals surface area contributed by atoms with E-state index in [1.165, 1.54) is 10.5 Å². The summed E-state index contributed by atoms with van der Waals surface area (Å²) in [7, 11) is 2.06. The number of hydrogen-bond donors (Lipinski definition) is 2. The molecule has 0 saturated heterocycles. The van der Waals surface area contributed by atoms with Crippen LogP contribution in [0.25, 0.3) is 0 Å². The molecule has 0 aliphatic heterocycles. The highest BCUT2D eigenvalue weighted by molar-refractivity contribution is 7.10. The fraction of sp³-hybridized carbons (Fsp3) is 0.211. The van der Waals surface area contributed by atoms with Crippen molar-refractivity contribution >= 4 is 28.6 Å². The number of likely N-dealkylation sites (N-methyl/N-ethyl adjacent to an activating group) is 1. The van der Waals surface area contributed by atoms with Crippen LogP contribution >= 0.6 is 22.7 Å². The summed E-state index contributed by atoms with van der Waals surface area (Å²) in [4.78, 5) is 14.9. The molecule has 2 N–H and O–H groups in total. The van der Waals surface area contributed by atoms with Crippen LogP contribution in [-0.2, 0) is 11.3 Å². The van der Waals surface area contributed by atoms with E-state index in [-0.39, 0.29) is 11.9 Å². The van der Waals surface area contributed by atoms with Gasteiger partial charge in [-0.2, -0.15) is 11.3 Å². The third-order valence-electron chi connectivity index (χ3n) is 3.81. The summed E-state index contributed by atoms with van der Waals surface area (Å²) < 4.78 is 0. The van der Waals surface area contributed by atoms with Crippen molar-refractivity contribution in [3.05, 3.63) is 80.7 Å². The third-order valence-corrected chi connectivity index (χ3v) is 5.48. The molecule has 0 saturated carbocycles. The second-order valence-electron chi connectivity index (χ2n) is 5.87. The zero-order valence-corrected chi connectivity index (χ0v) is 15.2. The summed E-state index contributed by atoms with van der Waals surface area (Å²) in [5.41, 5.74) is 2.40. The zero-order valence-electron chi connectivity index (χ0n) is 13.6. The van der Waals surface area contributed by atoms with Gasteiger partial charge in [-0.25, -0.2) is 0 Å². The second kappa shape index (κ2) is 8.24. The van der Waals surface area contributed by atoms with Crippen molar-refractivity contribution in [2.24, 2.45) is 0 Å². The Morgan fingerprint density at radius 1 is 1.12 bits per heavy atom. The molecule has 124 valence electrons. The molecule has 3 rings (SSSR count). The summed E-state index contributed by atoms with van der Waals surface area (Å²) in [6.45, 7) is 1.33. The molecule has 2 heterocycles. The van der Waals surface area contributed by atoms with Gasteiger partial charge in [0.2, 0.25) is 0 Å². The molecule has 1 amide bonds. The minimum atomic E-state index is -0.0763. The highest BCUT2D eigenvalue weighted by Crippen LogP contribution is 2.25. The summed E-state index contributed by atoms with van der Waals surface area (Å²) in [5.74, 6) is 0.0741. The molecule has 0 bridgehead atoms. The van der Waals surface area contributed by atoms with Crippen molar-refractivity contribution < 1.29 is 9.69 Å². The first-order chi connectivity index (χ1) is 11.7. The average Bonchev–Trinajstić information content (AvgIpc) is 3.27. The Morgan fingerprint density at radius 2 is 1.96 bits per heavy atom. The van der Waals surface area contributed by atoms with Crippen LogP contribution in [0.15, 0.2) is 64.7 Å². The van der Waals surface area contributed by atoms with Gasteiger partial charge in [0.1, 0.15) is 6.54 Å². The molecule has 0 radical (unpaired) electrons. The number of carbonyl (C=O) groups excluding carboxylic acids is 1. The van der Waals surface area contributed by atoms with Gasteiger partial charge in [-0.3, -0.25) is 4.79 Å². The van der Waals surface area contributed by atoms with Crippen molar-refractivity contribution in [1.29, 1.82) is 0 Å². The van der Waals surface area contributed by atoms with E-state index in [4.69, 9.17) is 0 Å². The first-order valence-corrected chi connectivity index (χ1v) is 9.74. The predicted octanol–water partition coefficient (Wildman–Crippen LogP) is 2.73. The highest BCUT2D eigenvalue weighted by atomic mass is 32.1. The molecular weight excluding hydrogens is 336 g/mol. The molecule has 0 spiro atoms. The standard InChI is InChI=1S/C19H20N2OS2/c1-21(12-15-9-11-23-14-15)13-18(22)20-19(17-8-5-10-24-17)16-6-3-2-4-7-16/h2-11,14,19H,12-13H2,1H3,(H,20,22)/p+1/t19-/m0/s1. The van der Waals surface area contributed by atoms with Crippen molar-refractivity contribution in [3.8, 4) is 0 Å². The summed E-state index contributed by atoms with van der Waals surface area (Å²) in [5, 5.41) is 9.46. The van der Waals surface area contributed by atoms with Gasteiger partial charge in [0.15, 0.2) is 6.54 Å². The van der Waals surface area contributed by atoms with Crippen LogP contribution in [0.5, 0.6) is 0 Å². The molecular formula is C19H21N2OS2+. The molecule has 24 heavy (non-hydrogen) atoms. The SMILES string of the molecule is C[NH+](CC(=O)N[C@@H](c1ccccc1)c1cccs1)Cc1ccsc1.